The van der Waals surface area contributed by atoms with E-state index in [0.717, 1.165) is 38.1 Å². The van der Waals surface area contributed by atoms with Gasteiger partial charge in [-0.05, 0) is 99.8 Å². The zero-order chi connectivity index (χ0) is 40.3. The van der Waals surface area contributed by atoms with Gasteiger partial charge in [0.05, 0.1) is 36.4 Å². The van der Waals surface area contributed by atoms with Gasteiger partial charge < -0.3 is 40.0 Å². The lowest BCUT2D eigenvalue weighted by Gasteiger charge is -2.31. The molecule has 17 heteroatoms. The first kappa shape index (κ1) is 42.6. The van der Waals surface area contributed by atoms with Crippen molar-refractivity contribution in [1.29, 1.82) is 0 Å². The number of aromatic nitrogens is 4. The molecule has 2 fully saturated rings. The minimum atomic E-state index is -0.540. The molecule has 2 amide bonds. The van der Waals surface area contributed by atoms with E-state index >= 15 is 0 Å². The molecule has 2 saturated carbocycles. The number of nitrogens with zero attached hydrogens (tertiary/aromatic N) is 4. The Morgan fingerprint density at radius 2 is 1.27 bits per heavy atom. The first-order valence-electron chi connectivity index (χ1n) is 18.7. The summed E-state index contributed by atoms with van der Waals surface area (Å²) in [7, 11) is 0. The molecular formula is C38H54F2N8O7. The molecule has 0 atom stereocenters. The molecule has 55 heavy (non-hydrogen) atoms. The highest BCUT2D eigenvalue weighted by Gasteiger charge is 2.28. The summed E-state index contributed by atoms with van der Waals surface area (Å²) in [6, 6.07) is 2.73. The summed E-state index contributed by atoms with van der Waals surface area (Å²) >= 11 is 0. The van der Waals surface area contributed by atoms with Crippen LogP contribution in [0, 0.1) is 11.6 Å². The van der Waals surface area contributed by atoms with Crippen LogP contribution >= 0.6 is 0 Å². The number of carbonyl (C=O) groups excluding carboxylic acids is 3. The Kier molecular flexibility index (Phi) is 14.7. The van der Waals surface area contributed by atoms with Crippen LogP contribution in [0.1, 0.15) is 106 Å². The van der Waals surface area contributed by atoms with Gasteiger partial charge in [0.1, 0.15) is 35.2 Å². The molecule has 0 aromatic carbocycles. The number of rotatable bonds is 9. The molecule has 3 aromatic rings. The maximum absolute atomic E-state index is 13.7. The monoisotopic (exact) mass is 772 g/mol. The van der Waals surface area contributed by atoms with Crippen molar-refractivity contribution in [2.45, 2.75) is 135 Å². The van der Waals surface area contributed by atoms with Crippen molar-refractivity contribution in [3.63, 3.8) is 0 Å². The first-order valence-corrected chi connectivity index (χ1v) is 18.7. The Bertz CT molecular complexity index is 1830. The summed E-state index contributed by atoms with van der Waals surface area (Å²) in [6.07, 6.45) is 8.54. The molecule has 0 spiro atoms. The van der Waals surface area contributed by atoms with E-state index in [1.54, 1.807) is 11.5 Å². The van der Waals surface area contributed by atoms with Crippen molar-refractivity contribution in [3.8, 4) is 0 Å². The van der Waals surface area contributed by atoms with E-state index in [9.17, 15) is 28.0 Å². The van der Waals surface area contributed by atoms with Gasteiger partial charge in [0, 0.05) is 36.3 Å². The Balaban J connectivity index is 0.000000246. The topological polar surface area (TPSA) is 188 Å². The third kappa shape index (κ3) is 13.9. The normalized spacial score (nSPS) is 19.9. The van der Waals surface area contributed by atoms with Gasteiger partial charge in [-0.15, -0.1) is 0 Å². The Morgan fingerprint density at radius 3 is 1.84 bits per heavy atom. The zero-order valence-electron chi connectivity index (χ0n) is 32.7. The Morgan fingerprint density at radius 1 is 0.764 bits per heavy atom. The van der Waals surface area contributed by atoms with Crippen molar-refractivity contribution in [3.05, 3.63) is 52.7 Å². The number of amides is 2. The number of ether oxygens (including phenoxy) is 3. The predicted octanol–water partition coefficient (Wildman–Crippen LogP) is 6.38. The van der Waals surface area contributed by atoms with Gasteiger partial charge in [0.2, 0.25) is 0 Å². The highest BCUT2D eigenvalue weighted by Crippen LogP contribution is 2.30. The lowest BCUT2D eigenvalue weighted by atomic mass is 9.91. The van der Waals surface area contributed by atoms with Gasteiger partial charge in [-0.2, -0.15) is 0 Å². The molecule has 2 aliphatic carbocycles. The maximum Gasteiger partial charge on any atom is 0.407 e. The van der Waals surface area contributed by atoms with Gasteiger partial charge >= 0.3 is 18.2 Å². The highest BCUT2D eigenvalue weighted by atomic mass is 19.1. The first-order chi connectivity index (χ1) is 25.9. The molecule has 15 nitrogen and oxygen atoms in total. The van der Waals surface area contributed by atoms with Crippen LogP contribution in [0.2, 0.25) is 0 Å². The molecule has 2 aliphatic rings. The Hall–Kier alpha value is -5.09. The fourth-order valence-corrected chi connectivity index (χ4v) is 6.46. The minimum Gasteiger partial charge on any atom is -0.465 e. The van der Waals surface area contributed by atoms with Gasteiger partial charge in [0.15, 0.2) is 5.65 Å². The molecule has 3 aromatic heterocycles. The summed E-state index contributed by atoms with van der Waals surface area (Å²) in [5.41, 5.74) is -0.0886. The number of alkyl carbamates (subject to hydrolysis) is 2. The number of halogens is 2. The zero-order valence-corrected chi connectivity index (χ0v) is 32.7. The number of pyridine rings is 2. The van der Waals surface area contributed by atoms with Crippen LogP contribution in [0.25, 0.3) is 11.2 Å². The SMILES string of the molecule is CC(C)(C)OC(=O)NC1CCC(n2c(=O)cnc3ncc(F)cc32)CC1.CCOC(=O)CNc1ncc(F)cc1NC1CCC(NC(=O)OC(C)(C)C)CC1. The summed E-state index contributed by atoms with van der Waals surface area (Å²) < 4.78 is 44.3. The molecule has 0 radical (unpaired) electrons. The molecule has 0 unspecified atom stereocenters. The van der Waals surface area contributed by atoms with Crippen molar-refractivity contribution in [2.75, 3.05) is 23.8 Å². The number of hydrogen-bond acceptors (Lipinski definition) is 12. The molecule has 5 rings (SSSR count). The number of esters is 1. The second kappa shape index (κ2) is 19.0. The van der Waals surface area contributed by atoms with Gasteiger partial charge in [0.25, 0.3) is 5.56 Å². The fourth-order valence-electron chi connectivity index (χ4n) is 6.46. The summed E-state index contributed by atoms with van der Waals surface area (Å²) in [6.45, 7) is 12.9. The van der Waals surface area contributed by atoms with Crippen LogP contribution in [0.15, 0.2) is 35.5 Å². The van der Waals surface area contributed by atoms with Crippen LogP contribution in [-0.4, -0.2) is 80.2 Å². The van der Waals surface area contributed by atoms with Gasteiger partial charge in [-0.3, -0.25) is 9.59 Å². The van der Waals surface area contributed by atoms with Crippen molar-refractivity contribution in [1.82, 2.24) is 30.2 Å². The Labute approximate surface area is 319 Å². The smallest absolute Gasteiger partial charge is 0.407 e. The maximum atomic E-state index is 13.7. The summed E-state index contributed by atoms with van der Waals surface area (Å²) in [5, 5.41) is 12.0. The molecule has 0 aliphatic heterocycles. The van der Waals surface area contributed by atoms with Crippen LogP contribution in [0.4, 0.5) is 29.9 Å². The number of anilines is 2. The second-order valence-electron chi connectivity index (χ2n) is 15.7. The quantitative estimate of drug-likeness (QED) is 0.139. The largest absolute Gasteiger partial charge is 0.465 e. The molecule has 4 N–H and O–H groups in total. The van der Waals surface area contributed by atoms with Gasteiger partial charge in [-0.25, -0.2) is 33.3 Å². The second-order valence-corrected chi connectivity index (χ2v) is 15.7. The van der Waals surface area contributed by atoms with Gasteiger partial charge in [-0.1, -0.05) is 0 Å². The van der Waals surface area contributed by atoms with Crippen LogP contribution in [0.3, 0.4) is 0 Å². The minimum absolute atomic E-state index is 0.000218. The number of fused-ring (bicyclic) bond motifs is 1. The molecular weight excluding hydrogens is 718 g/mol. The van der Waals surface area contributed by atoms with Crippen molar-refractivity contribution in [2.24, 2.45) is 0 Å². The van der Waals surface area contributed by atoms with Crippen LogP contribution in [-0.2, 0) is 19.0 Å². The van der Waals surface area contributed by atoms with E-state index in [1.807, 2.05) is 41.5 Å². The van der Waals surface area contributed by atoms with E-state index in [-0.39, 0.29) is 36.3 Å². The van der Waals surface area contributed by atoms with E-state index in [1.165, 1.54) is 18.3 Å². The molecule has 0 saturated heterocycles. The van der Waals surface area contributed by atoms with E-state index in [4.69, 9.17) is 14.2 Å². The third-order valence-electron chi connectivity index (χ3n) is 8.76. The lowest BCUT2D eigenvalue weighted by Crippen LogP contribution is -2.42. The average molecular weight is 773 g/mol. The average Bonchev–Trinajstić information content (AvgIpc) is 3.08. The van der Waals surface area contributed by atoms with Crippen LogP contribution in [0.5, 0.6) is 0 Å². The van der Waals surface area contributed by atoms with E-state index in [2.05, 4.69) is 36.2 Å². The molecule has 3 heterocycles. The van der Waals surface area contributed by atoms with Crippen LogP contribution < -0.4 is 26.8 Å². The highest BCUT2D eigenvalue weighted by molar-refractivity contribution is 5.77. The molecule has 302 valence electrons. The molecule has 0 bridgehead atoms. The number of hydrogen-bond donors (Lipinski definition) is 4. The standard InChI is InChI=1S/C20H31FN4O4.C18H23FN4O3/c1-5-28-17(26)12-23-18-16(10-13(21)11-22-18)24-14-6-8-15(9-7-14)25-19(27)29-20(2,3)4;1-18(2,3)26-17(25)22-12-4-6-13(7-5-12)23-14-8-11(19)9-20-16(14)21-10-15(23)24/h10-11,14-15,24H,5-9,12H2,1-4H3,(H,22,23)(H,25,27);8-10,12-13H,4-7H2,1-3H3,(H,22,25). The van der Waals surface area contributed by atoms with E-state index in [0.29, 0.717) is 55.0 Å². The third-order valence-corrected chi connectivity index (χ3v) is 8.76. The predicted molar refractivity (Wildman–Crippen MR) is 203 cm³/mol. The lowest BCUT2D eigenvalue weighted by molar-refractivity contribution is -0.140. The summed E-state index contributed by atoms with van der Waals surface area (Å²) in [4.78, 5) is 59.6. The van der Waals surface area contributed by atoms with E-state index < -0.39 is 41.0 Å². The summed E-state index contributed by atoms with van der Waals surface area (Å²) in [5.74, 6) is -0.972. The number of nitrogens with one attached hydrogen (secondary N) is 4. The number of carbonyl (C=O) groups is 3. The van der Waals surface area contributed by atoms with Crippen molar-refractivity contribution < 1.29 is 37.4 Å². The van der Waals surface area contributed by atoms with Crippen molar-refractivity contribution >= 4 is 40.8 Å². The fraction of sp³-hybridized carbons (Fsp3) is 0.605.